The van der Waals surface area contributed by atoms with Crippen LogP contribution in [0, 0.1) is 5.92 Å². The van der Waals surface area contributed by atoms with Crippen molar-refractivity contribution in [2.75, 3.05) is 0 Å². The van der Waals surface area contributed by atoms with E-state index < -0.39 is 0 Å². The van der Waals surface area contributed by atoms with Crippen molar-refractivity contribution in [3.8, 4) is 0 Å². The molecule has 3 aliphatic rings. The molecule has 0 radical (unpaired) electrons. The van der Waals surface area contributed by atoms with Crippen LogP contribution in [-0.2, 0) is 4.79 Å². The fourth-order valence-electron chi connectivity index (χ4n) is 3.01. The number of nitrogens with one attached hydrogen (secondary N) is 1. The molecular weight excluding hydrogens is 188 g/mol. The van der Waals surface area contributed by atoms with Crippen LogP contribution in [0.2, 0.25) is 0 Å². The average molecular weight is 208 g/mol. The summed E-state index contributed by atoms with van der Waals surface area (Å²) in [5.74, 6) is 1.18. The second-order valence-electron chi connectivity index (χ2n) is 5.33. The van der Waals surface area contributed by atoms with E-state index in [0.29, 0.717) is 18.1 Å². The SMILES string of the molecule is CCC1CC1N1C(=O)C2(CC2)NC1CC. The van der Waals surface area contributed by atoms with Crippen LogP contribution in [0.4, 0.5) is 0 Å². The van der Waals surface area contributed by atoms with Crippen molar-refractivity contribution < 1.29 is 4.79 Å². The lowest BCUT2D eigenvalue weighted by molar-refractivity contribution is -0.131. The molecule has 0 aromatic heterocycles. The van der Waals surface area contributed by atoms with Gasteiger partial charge in [0.05, 0.1) is 11.7 Å². The first-order chi connectivity index (χ1) is 7.22. The molecule has 0 bridgehead atoms. The lowest BCUT2D eigenvalue weighted by Gasteiger charge is -2.23. The predicted octanol–water partition coefficient (Wildman–Crippen LogP) is 1.49. The van der Waals surface area contributed by atoms with Crippen LogP contribution < -0.4 is 5.32 Å². The van der Waals surface area contributed by atoms with E-state index in [1.165, 1.54) is 12.8 Å². The summed E-state index contributed by atoms with van der Waals surface area (Å²) in [6.45, 7) is 4.40. The molecule has 1 heterocycles. The highest BCUT2D eigenvalue weighted by molar-refractivity contribution is 5.92. The third kappa shape index (κ3) is 1.25. The molecular formula is C12H20N2O. The number of rotatable bonds is 3. The quantitative estimate of drug-likeness (QED) is 0.762. The van der Waals surface area contributed by atoms with Crippen molar-refractivity contribution in [3.63, 3.8) is 0 Å². The van der Waals surface area contributed by atoms with Gasteiger partial charge in [0.2, 0.25) is 5.91 Å². The highest BCUT2D eigenvalue weighted by atomic mass is 16.2. The zero-order chi connectivity index (χ0) is 10.6. The Labute approximate surface area is 91.2 Å². The van der Waals surface area contributed by atoms with Crippen molar-refractivity contribution in [2.24, 2.45) is 5.92 Å². The van der Waals surface area contributed by atoms with Gasteiger partial charge >= 0.3 is 0 Å². The molecule has 0 aromatic carbocycles. The van der Waals surface area contributed by atoms with E-state index in [2.05, 4.69) is 24.1 Å². The van der Waals surface area contributed by atoms with Crippen LogP contribution in [-0.4, -0.2) is 28.6 Å². The van der Waals surface area contributed by atoms with E-state index in [1.807, 2.05) is 0 Å². The zero-order valence-corrected chi connectivity index (χ0v) is 9.62. The Balaban J connectivity index is 1.78. The van der Waals surface area contributed by atoms with Gasteiger partial charge in [-0.1, -0.05) is 20.3 Å². The van der Waals surface area contributed by atoms with Gasteiger partial charge in [-0.05, 0) is 31.6 Å². The Morgan fingerprint density at radius 1 is 1.40 bits per heavy atom. The number of hydrogen-bond donors (Lipinski definition) is 1. The molecule has 1 spiro atoms. The lowest BCUT2D eigenvalue weighted by Crippen LogP contribution is -2.39. The van der Waals surface area contributed by atoms with E-state index in [-0.39, 0.29) is 5.54 Å². The molecule has 3 nitrogen and oxygen atoms in total. The van der Waals surface area contributed by atoms with Gasteiger partial charge in [0.15, 0.2) is 0 Å². The first-order valence-electron chi connectivity index (χ1n) is 6.32. The number of amides is 1. The Morgan fingerprint density at radius 3 is 2.60 bits per heavy atom. The molecule has 1 aliphatic heterocycles. The molecule has 3 unspecified atom stereocenters. The molecule has 1 amide bonds. The summed E-state index contributed by atoms with van der Waals surface area (Å²) in [4.78, 5) is 14.4. The van der Waals surface area contributed by atoms with Gasteiger partial charge in [0.1, 0.15) is 0 Å². The summed E-state index contributed by atoms with van der Waals surface area (Å²) in [6, 6.07) is 0.555. The highest BCUT2D eigenvalue weighted by Crippen LogP contribution is 2.48. The lowest BCUT2D eigenvalue weighted by atomic mass is 10.2. The molecule has 0 aromatic rings. The summed E-state index contributed by atoms with van der Waals surface area (Å²) in [5, 5.41) is 3.53. The van der Waals surface area contributed by atoms with Gasteiger partial charge < -0.3 is 4.90 Å². The van der Waals surface area contributed by atoms with Crippen LogP contribution in [0.15, 0.2) is 0 Å². The Hall–Kier alpha value is -0.570. The summed E-state index contributed by atoms with van der Waals surface area (Å²) >= 11 is 0. The van der Waals surface area contributed by atoms with Gasteiger partial charge in [-0.3, -0.25) is 10.1 Å². The first kappa shape index (κ1) is 9.64. The maximum atomic E-state index is 12.3. The number of hydrogen-bond acceptors (Lipinski definition) is 2. The molecule has 3 atom stereocenters. The van der Waals surface area contributed by atoms with Crippen molar-refractivity contribution in [3.05, 3.63) is 0 Å². The molecule has 1 N–H and O–H groups in total. The molecule has 84 valence electrons. The monoisotopic (exact) mass is 208 g/mol. The van der Waals surface area contributed by atoms with Crippen molar-refractivity contribution in [2.45, 2.75) is 63.7 Å². The fraction of sp³-hybridized carbons (Fsp3) is 0.917. The Morgan fingerprint density at radius 2 is 2.13 bits per heavy atom. The summed E-state index contributed by atoms with van der Waals surface area (Å²) in [6.07, 6.45) is 5.93. The largest absolute Gasteiger partial charge is 0.322 e. The minimum atomic E-state index is -0.110. The predicted molar refractivity (Wildman–Crippen MR) is 58.2 cm³/mol. The standard InChI is InChI=1S/C12H20N2O/c1-3-8-7-9(8)14-10(4-2)13-12(5-6-12)11(14)15/h8-10,13H,3-7H2,1-2H3. The van der Waals surface area contributed by atoms with Crippen molar-refractivity contribution in [1.82, 2.24) is 10.2 Å². The van der Waals surface area contributed by atoms with Crippen LogP contribution in [0.25, 0.3) is 0 Å². The number of nitrogens with zero attached hydrogens (tertiary/aromatic N) is 1. The second-order valence-corrected chi connectivity index (χ2v) is 5.33. The third-order valence-corrected chi connectivity index (χ3v) is 4.33. The summed E-state index contributed by atoms with van der Waals surface area (Å²) < 4.78 is 0. The van der Waals surface area contributed by atoms with Gasteiger partial charge in [0.25, 0.3) is 0 Å². The van der Waals surface area contributed by atoms with E-state index in [4.69, 9.17) is 0 Å². The van der Waals surface area contributed by atoms with Crippen LogP contribution in [0.1, 0.15) is 46.0 Å². The molecule has 2 saturated carbocycles. The van der Waals surface area contributed by atoms with Crippen molar-refractivity contribution >= 4 is 5.91 Å². The smallest absolute Gasteiger partial charge is 0.244 e. The average Bonchev–Trinajstić information content (AvgIpc) is 3.10. The van der Waals surface area contributed by atoms with Crippen molar-refractivity contribution in [1.29, 1.82) is 0 Å². The Bertz CT molecular complexity index is 298. The van der Waals surface area contributed by atoms with E-state index >= 15 is 0 Å². The Kier molecular flexibility index (Phi) is 1.91. The van der Waals surface area contributed by atoms with E-state index in [1.54, 1.807) is 0 Å². The molecule has 15 heavy (non-hydrogen) atoms. The first-order valence-corrected chi connectivity index (χ1v) is 6.32. The molecule has 3 fully saturated rings. The minimum Gasteiger partial charge on any atom is -0.322 e. The van der Waals surface area contributed by atoms with Gasteiger partial charge in [-0.2, -0.15) is 0 Å². The van der Waals surface area contributed by atoms with Crippen LogP contribution >= 0.6 is 0 Å². The second kappa shape index (κ2) is 2.97. The highest BCUT2D eigenvalue weighted by Gasteiger charge is 2.62. The maximum Gasteiger partial charge on any atom is 0.244 e. The normalized spacial score (nSPS) is 41.3. The van der Waals surface area contributed by atoms with Crippen LogP contribution in [0.3, 0.4) is 0 Å². The number of carbonyl (C=O) groups is 1. The fourth-order valence-corrected chi connectivity index (χ4v) is 3.01. The summed E-state index contributed by atoms with van der Waals surface area (Å²) in [7, 11) is 0. The van der Waals surface area contributed by atoms with Gasteiger partial charge in [-0.25, -0.2) is 0 Å². The molecule has 3 heteroatoms. The third-order valence-electron chi connectivity index (χ3n) is 4.33. The van der Waals surface area contributed by atoms with E-state index in [0.717, 1.165) is 25.2 Å². The summed E-state index contributed by atoms with van der Waals surface area (Å²) in [5.41, 5.74) is -0.110. The zero-order valence-electron chi connectivity index (χ0n) is 9.62. The topological polar surface area (TPSA) is 32.3 Å². The molecule has 3 rings (SSSR count). The van der Waals surface area contributed by atoms with Gasteiger partial charge in [0, 0.05) is 6.04 Å². The van der Waals surface area contributed by atoms with E-state index in [9.17, 15) is 4.79 Å². The maximum absolute atomic E-state index is 12.3. The molecule has 1 saturated heterocycles. The number of carbonyl (C=O) groups excluding carboxylic acids is 1. The van der Waals surface area contributed by atoms with Crippen LogP contribution in [0.5, 0.6) is 0 Å². The van der Waals surface area contributed by atoms with Gasteiger partial charge in [-0.15, -0.1) is 0 Å². The molecule has 2 aliphatic carbocycles. The minimum absolute atomic E-state index is 0.110.